The molecule has 1 amide bonds. The molecule has 0 unspecified atom stereocenters. The second kappa shape index (κ2) is 12.2. The predicted octanol–water partition coefficient (Wildman–Crippen LogP) is 7.32. The Balaban J connectivity index is 1.35. The molecule has 1 N–H and O–H groups in total. The number of halogens is 3. The van der Waals surface area contributed by atoms with Gasteiger partial charge in [-0.15, -0.1) is 0 Å². The predicted molar refractivity (Wildman–Crippen MR) is 183 cm³/mol. The molecule has 228 valence electrons. The Kier molecular flexibility index (Phi) is 7.94. The van der Waals surface area contributed by atoms with Crippen LogP contribution >= 0.6 is 34.5 Å². The molecule has 1 atom stereocenters. The van der Waals surface area contributed by atoms with Crippen molar-refractivity contribution in [2.75, 3.05) is 5.32 Å². The average Bonchev–Trinajstić information content (AvgIpc) is 3.55. The minimum Gasteiger partial charge on any atom is -0.342 e. The minimum atomic E-state index is -0.807. The summed E-state index contributed by atoms with van der Waals surface area (Å²) in [6.07, 6.45) is 3.87. The van der Waals surface area contributed by atoms with Gasteiger partial charge in [0.05, 0.1) is 31.9 Å². The minimum absolute atomic E-state index is 0.295. The van der Waals surface area contributed by atoms with E-state index in [0.29, 0.717) is 48.4 Å². The van der Waals surface area contributed by atoms with E-state index >= 15 is 0 Å². The monoisotopic (exact) mass is 666 g/mol. The Hall–Kier alpha value is -4.76. The summed E-state index contributed by atoms with van der Waals surface area (Å²) in [5.41, 5.74) is 4.54. The van der Waals surface area contributed by atoms with Crippen LogP contribution < -0.4 is 20.2 Å². The van der Waals surface area contributed by atoms with Gasteiger partial charge in [0.2, 0.25) is 0 Å². The Morgan fingerprint density at radius 1 is 0.978 bits per heavy atom. The molecule has 0 radical (unpaired) electrons. The lowest BCUT2D eigenvalue weighted by atomic mass is 9.95. The summed E-state index contributed by atoms with van der Waals surface area (Å²) < 4.78 is 18.1. The third-order valence-corrected chi connectivity index (χ3v) is 9.65. The van der Waals surface area contributed by atoms with Gasteiger partial charge in [-0.1, -0.05) is 89.1 Å². The molecule has 46 heavy (non-hydrogen) atoms. The highest BCUT2D eigenvalue weighted by atomic mass is 35.5. The van der Waals surface area contributed by atoms with Gasteiger partial charge in [0.15, 0.2) is 4.80 Å². The van der Waals surface area contributed by atoms with Gasteiger partial charge in [0, 0.05) is 34.9 Å². The lowest BCUT2D eigenvalue weighted by molar-refractivity contribution is -0.113. The number of carbonyl (C=O) groups excluding carboxylic acids is 1. The van der Waals surface area contributed by atoms with Crippen molar-refractivity contribution in [3.8, 4) is 0 Å². The third-order valence-electron chi connectivity index (χ3n) is 7.93. The van der Waals surface area contributed by atoms with Crippen LogP contribution in [-0.2, 0) is 11.3 Å². The topological polar surface area (TPSA) is 68.4 Å². The number of hydrogen-bond donors (Lipinski definition) is 1. The van der Waals surface area contributed by atoms with Crippen molar-refractivity contribution < 1.29 is 9.18 Å². The van der Waals surface area contributed by atoms with E-state index in [2.05, 4.69) is 9.88 Å². The van der Waals surface area contributed by atoms with Gasteiger partial charge in [0.25, 0.3) is 11.5 Å². The molecule has 6 nitrogen and oxygen atoms in total. The summed E-state index contributed by atoms with van der Waals surface area (Å²) >= 11 is 13.7. The molecule has 6 aromatic rings. The summed E-state index contributed by atoms with van der Waals surface area (Å²) in [5.74, 6) is -0.800. The first-order valence-corrected chi connectivity index (χ1v) is 16.0. The fourth-order valence-electron chi connectivity index (χ4n) is 5.79. The summed E-state index contributed by atoms with van der Waals surface area (Å²) in [6, 6.07) is 27.7. The number of nitrogens with one attached hydrogen (secondary N) is 1. The van der Waals surface area contributed by atoms with Crippen LogP contribution in [0, 0.1) is 5.82 Å². The van der Waals surface area contributed by atoms with Crippen LogP contribution in [0.5, 0.6) is 0 Å². The zero-order valence-corrected chi connectivity index (χ0v) is 26.7. The molecule has 0 saturated carbocycles. The Morgan fingerprint density at radius 3 is 2.48 bits per heavy atom. The maximum absolute atomic E-state index is 14.2. The lowest BCUT2D eigenvalue weighted by Gasteiger charge is -2.25. The van der Waals surface area contributed by atoms with Gasteiger partial charge in [-0.25, -0.2) is 9.38 Å². The summed E-state index contributed by atoms with van der Waals surface area (Å²) in [5, 5.41) is 4.89. The van der Waals surface area contributed by atoms with Crippen molar-refractivity contribution in [1.82, 2.24) is 9.13 Å². The van der Waals surface area contributed by atoms with Crippen molar-refractivity contribution in [3.05, 3.63) is 167 Å². The van der Waals surface area contributed by atoms with E-state index in [-0.39, 0.29) is 11.5 Å². The molecule has 1 aliphatic heterocycles. The highest BCUT2D eigenvalue weighted by Crippen LogP contribution is 2.31. The number of fused-ring (bicyclic) bond motifs is 2. The van der Waals surface area contributed by atoms with Gasteiger partial charge >= 0.3 is 0 Å². The molecule has 10 heteroatoms. The first kappa shape index (κ1) is 29.9. The number of carbonyl (C=O) groups is 1. The zero-order chi connectivity index (χ0) is 31.9. The number of benzene rings is 4. The van der Waals surface area contributed by atoms with E-state index in [1.807, 2.05) is 66.9 Å². The van der Waals surface area contributed by atoms with Crippen molar-refractivity contribution in [3.63, 3.8) is 0 Å². The quantitative estimate of drug-likeness (QED) is 0.202. The van der Waals surface area contributed by atoms with E-state index in [1.54, 1.807) is 37.3 Å². The standard InChI is InChI=1S/C36H25Cl2FN4O2S/c1-21-32(34(44)41-26-7-3-2-4-8-26)33(23-12-14-25(39)15-13-23)43-35(45)31(46-36(43)40-21)18-24-20-42(30-10-6-5-9-27(24)30)19-22-11-16-28(37)29(38)17-22/h2-18,20,33H,19H2,1H3,(H,41,44)/b31-18+/t33-/m0/s1. The van der Waals surface area contributed by atoms with Crippen LogP contribution in [0.2, 0.25) is 10.0 Å². The lowest BCUT2D eigenvalue weighted by Crippen LogP contribution is -2.40. The number of aromatic nitrogens is 2. The van der Waals surface area contributed by atoms with Crippen LogP contribution in [0.3, 0.4) is 0 Å². The van der Waals surface area contributed by atoms with Crippen molar-refractivity contribution in [2.45, 2.75) is 19.5 Å². The number of nitrogens with zero attached hydrogens (tertiary/aromatic N) is 3. The number of rotatable bonds is 6. The molecule has 2 aromatic heterocycles. The Bertz CT molecular complexity index is 2360. The molecule has 0 saturated heterocycles. The zero-order valence-electron chi connectivity index (χ0n) is 24.4. The summed E-state index contributed by atoms with van der Waals surface area (Å²) in [4.78, 5) is 33.2. The van der Waals surface area contributed by atoms with E-state index in [9.17, 15) is 14.0 Å². The highest BCUT2D eigenvalue weighted by Gasteiger charge is 2.32. The molecule has 7 rings (SSSR count). The number of thiazole rings is 1. The molecular formula is C36H25Cl2FN4O2S. The fourth-order valence-corrected chi connectivity index (χ4v) is 7.15. The highest BCUT2D eigenvalue weighted by molar-refractivity contribution is 7.07. The van der Waals surface area contributed by atoms with E-state index in [1.165, 1.54) is 28.0 Å². The summed E-state index contributed by atoms with van der Waals surface area (Å²) in [7, 11) is 0. The van der Waals surface area contributed by atoms with E-state index < -0.39 is 11.9 Å². The van der Waals surface area contributed by atoms with E-state index in [4.69, 9.17) is 28.2 Å². The van der Waals surface area contributed by atoms with Gasteiger partial charge < -0.3 is 9.88 Å². The number of para-hydroxylation sites is 2. The van der Waals surface area contributed by atoms with Crippen LogP contribution in [0.25, 0.3) is 17.0 Å². The van der Waals surface area contributed by atoms with Gasteiger partial charge in [-0.3, -0.25) is 14.2 Å². The SMILES string of the molecule is CC1=C(C(=O)Nc2ccccc2)[C@H](c2ccc(F)cc2)n2c(s/c(=C/c3cn(Cc4ccc(Cl)c(Cl)c4)c4ccccc34)c2=O)=N1. The Labute approximate surface area is 277 Å². The maximum Gasteiger partial charge on any atom is 0.271 e. The van der Waals surface area contributed by atoms with Crippen molar-refractivity contribution in [2.24, 2.45) is 4.99 Å². The Morgan fingerprint density at radius 2 is 1.72 bits per heavy atom. The number of anilines is 1. The van der Waals surface area contributed by atoms with Gasteiger partial charge in [-0.2, -0.15) is 0 Å². The molecule has 0 fully saturated rings. The largest absolute Gasteiger partial charge is 0.342 e. The van der Waals surface area contributed by atoms with Gasteiger partial charge in [0.1, 0.15) is 5.82 Å². The van der Waals surface area contributed by atoms with Crippen molar-refractivity contribution >= 4 is 63.1 Å². The normalized spacial score (nSPS) is 14.8. The van der Waals surface area contributed by atoms with Crippen LogP contribution in [0.4, 0.5) is 10.1 Å². The van der Waals surface area contributed by atoms with Gasteiger partial charge in [-0.05, 0) is 66.6 Å². The number of amides is 1. The molecule has 1 aliphatic rings. The number of hydrogen-bond acceptors (Lipinski definition) is 4. The van der Waals surface area contributed by atoms with Crippen LogP contribution in [0.1, 0.15) is 29.7 Å². The third kappa shape index (κ3) is 5.60. The maximum atomic E-state index is 14.2. The first-order chi connectivity index (χ1) is 22.3. The molecule has 0 aliphatic carbocycles. The number of allylic oxidation sites excluding steroid dienone is 1. The smallest absolute Gasteiger partial charge is 0.271 e. The fraction of sp³-hybridized carbons (Fsp3) is 0.0833. The molecule has 0 spiro atoms. The molecule has 0 bridgehead atoms. The average molecular weight is 668 g/mol. The molecule has 3 heterocycles. The van der Waals surface area contributed by atoms with E-state index in [0.717, 1.165) is 22.0 Å². The second-order valence-electron chi connectivity index (χ2n) is 10.9. The van der Waals surface area contributed by atoms with Crippen LogP contribution in [0.15, 0.2) is 124 Å². The second-order valence-corrected chi connectivity index (χ2v) is 12.8. The molecule has 4 aromatic carbocycles. The van der Waals surface area contributed by atoms with Crippen molar-refractivity contribution in [1.29, 1.82) is 0 Å². The first-order valence-electron chi connectivity index (χ1n) is 14.4. The molecular weight excluding hydrogens is 642 g/mol. The van der Waals surface area contributed by atoms with Crippen LogP contribution in [-0.4, -0.2) is 15.0 Å². The summed E-state index contributed by atoms with van der Waals surface area (Å²) in [6.45, 7) is 2.31.